The number of imidazole rings is 2. The molecule has 2 saturated carbocycles. The van der Waals surface area contributed by atoms with Gasteiger partial charge in [-0.1, -0.05) is 48.5 Å². The minimum atomic E-state index is 0.384. The molecule has 2 unspecified atom stereocenters. The van der Waals surface area contributed by atoms with Gasteiger partial charge in [0.2, 0.25) is 0 Å². The molecule has 6 heteroatoms. The van der Waals surface area contributed by atoms with Gasteiger partial charge >= 0.3 is 0 Å². The monoisotopic (exact) mass is 462 g/mol. The second-order valence-corrected chi connectivity index (χ2v) is 11.0. The van der Waals surface area contributed by atoms with E-state index in [1.54, 1.807) is 0 Å². The van der Waals surface area contributed by atoms with E-state index in [2.05, 4.69) is 81.0 Å². The Balaban J connectivity index is 0.987. The lowest BCUT2D eigenvalue weighted by molar-refractivity contribution is 0.542. The third kappa shape index (κ3) is 3.46. The molecule has 4 aromatic rings. The number of hydrogen-bond acceptors (Lipinski definition) is 4. The summed E-state index contributed by atoms with van der Waals surface area (Å²) in [7, 11) is 0. The van der Waals surface area contributed by atoms with Gasteiger partial charge in [-0.3, -0.25) is 0 Å². The van der Waals surface area contributed by atoms with Crippen LogP contribution in [0, 0.1) is 18.8 Å². The Hall–Kier alpha value is -3.22. The highest BCUT2D eigenvalue weighted by Gasteiger charge is 2.47. The predicted octanol–water partition coefficient (Wildman–Crippen LogP) is 5.29. The van der Waals surface area contributed by atoms with E-state index in [0.717, 1.165) is 58.2 Å². The molecule has 2 aliphatic heterocycles. The van der Waals surface area contributed by atoms with Gasteiger partial charge in [-0.2, -0.15) is 0 Å². The molecule has 4 fully saturated rings. The molecule has 4 N–H and O–H groups in total. The van der Waals surface area contributed by atoms with Gasteiger partial charge in [-0.15, -0.1) is 0 Å². The fourth-order valence-electron chi connectivity index (χ4n) is 6.32. The predicted molar refractivity (Wildman–Crippen MR) is 137 cm³/mol. The molecule has 2 aromatic heterocycles. The van der Waals surface area contributed by atoms with Crippen LogP contribution in [0.15, 0.2) is 54.7 Å². The Morgan fingerprint density at radius 1 is 0.657 bits per heavy atom. The first kappa shape index (κ1) is 20.0. The molecule has 2 aliphatic carbocycles. The van der Waals surface area contributed by atoms with Crippen LogP contribution < -0.4 is 10.6 Å². The van der Waals surface area contributed by atoms with Crippen molar-refractivity contribution in [1.82, 2.24) is 30.6 Å². The Labute approximate surface area is 205 Å². The largest absolute Gasteiger partial charge is 0.344 e. The number of benzene rings is 2. The quantitative estimate of drug-likeness (QED) is 0.325. The van der Waals surface area contributed by atoms with E-state index in [1.165, 1.54) is 42.4 Å². The van der Waals surface area contributed by atoms with Crippen molar-refractivity contribution in [3.63, 3.8) is 0 Å². The van der Waals surface area contributed by atoms with Crippen molar-refractivity contribution in [1.29, 1.82) is 0 Å². The standard InChI is InChI=1S/C29H30N6/c1-15-27(35-29(31-15)25-13-21-11-23(21)33-25)19-8-4-17(5-9-19)16-2-6-18(7-3-16)26-14-30-28(34-26)24-12-20-10-22(20)32-24/h2-9,14,20-25,32-33H,10-13H2,1H3,(H,30,34)(H,31,35)/t20-,21?,22-,23?,24+,25+/m1/s1. The molecule has 2 aromatic carbocycles. The van der Waals surface area contributed by atoms with E-state index in [9.17, 15) is 0 Å². The Morgan fingerprint density at radius 3 is 1.83 bits per heavy atom. The van der Waals surface area contributed by atoms with E-state index >= 15 is 0 Å². The van der Waals surface area contributed by atoms with E-state index in [-0.39, 0.29) is 0 Å². The molecule has 0 spiro atoms. The van der Waals surface area contributed by atoms with Crippen molar-refractivity contribution in [2.24, 2.45) is 11.8 Å². The molecule has 0 radical (unpaired) electrons. The van der Waals surface area contributed by atoms with Crippen molar-refractivity contribution < 1.29 is 0 Å². The smallest absolute Gasteiger partial charge is 0.124 e. The Morgan fingerprint density at radius 2 is 1.23 bits per heavy atom. The van der Waals surface area contributed by atoms with Gasteiger partial charge < -0.3 is 20.6 Å². The first-order valence-electron chi connectivity index (χ1n) is 13.0. The third-order valence-corrected chi connectivity index (χ3v) is 8.60. The maximum Gasteiger partial charge on any atom is 0.124 e. The van der Waals surface area contributed by atoms with Crippen molar-refractivity contribution in [3.05, 3.63) is 72.1 Å². The van der Waals surface area contributed by atoms with Crippen LogP contribution in [0.5, 0.6) is 0 Å². The number of aromatic amines is 2. The van der Waals surface area contributed by atoms with Crippen LogP contribution in [-0.4, -0.2) is 32.0 Å². The Bertz CT molecular complexity index is 1380. The summed E-state index contributed by atoms with van der Waals surface area (Å²) in [6.07, 6.45) is 7.07. The average Bonchev–Trinajstić information content (AvgIpc) is 3.47. The molecule has 0 bridgehead atoms. The number of piperidine rings is 2. The fraction of sp³-hybridized carbons (Fsp3) is 0.379. The number of H-pyrrole nitrogens is 2. The summed E-state index contributed by atoms with van der Waals surface area (Å²) in [6, 6.07) is 19.8. The molecule has 8 rings (SSSR count). The lowest BCUT2D eigenvalue weighted by Gasteiger charge is -2.09. The Kier molecular flexibility index (Phi) is 4.23. The first-order valence-corrected chi connectivity index (χ1v) is 13.0. The zero-order valence-corrected chi connectivity index (χ0v) is 19.9. The van der Waals surface area contributed by atoms with Crippen LogP contribution in [0.4, 0.5) is 0 Å². The highest BCUT2D eigenvalue weighted by Crippen LogP contribution is 2.46. The van der Waals surface area contributed by atoms with Gasteiger partial charge in [0.15, 0.2) is 0 Å². The third-order valence-electron chi connectivity index (χ3n) is 8.60. The van der Waals surface area contributed by atoms with Gasteiger partial charge in [0.1, 0.15) is 11.6 Å². The number of nitrogens with one attached hydrogen (secondary N) is 4. The zero-order chi connectivity index (χ0) is 23.1. The molecular weight excluding hydrogens is 432 g/mol. The number of rotatable bonds is 5. The van der Waals surface area contributed by atoms with E-state index in [4.69, 9.17) is 4.98 Å². The van der Waals surface area contributed by atoms with Crippen LogP contribution in [0.25, 0.3) is 33.6 Å². The van der Waals surface area contributed by atoms with E-state index < -0.39 is 0 Å². The van der Waals surface area contributed by atoms with Crippen molar-refractivity contribution in [2.75, 3.05) is 0 Å². The van der Waals surface area contributed by atoms with E-state index in [1.807, 2.05) is 6.20 Å². The lowest BCUT2D eigenvalue weighted by Crippen LogP contribution is -2.18. The average molecular weight is 463 g/mol. The summed E-state index contributed by atoms with van der Waals surface area (Å²) in [5.41, 5.74) is 8.05. The first-order chi connectivity index (χ1) is 17.2. The summed E-state index contributed by atoms with van der Waals surface area (Å²) < 4.78 is 0. The topological polar surface area (TPSA) is 81.4 Å². The van der Waals surface area contributed by atoms with Crippen LogP contribution in [0.1, 0.15) is 55.1 Å². The molecule has 4 aliphatic rings. The molecule has 6 nitrogen and oxygen atoms in total. The maximum absolute atomic E-state index is 4.97. The highest BCUT2D eigenvalue weighted by atomic mass is 15.1. The molecule has 6 atom stereocenters. The normalized spacial score (nSPS) is 30.3. The van der Waals surface area contributed by atoms with Crippen LogP contribution in [0.3, 0.4) is 0 Å². The molecular formula is C29H30N6. The number of aryl methyl sites for hydroxylation is 1. The minimum absolute atomic E-state index is 0.384. The van der Waals surface area contributed by atoms with Gasteiger partial charge in [-0.05, 0) is 61.1 Å². The van der Waals surface area contributed by atoms with Crippen LogP contribution in [0.2, 0.25) is 0 Å². The van der Waals surface area contributed by atoms with Crippen molar-refractivity contribution >= 4 is 0 Å². The maximum atomic E-state index is 4.97. The zero-order valence-electron chi connectivity index (χ0n) is 19.9. The lowest BCUT2D eigenvalue weighted by atomic mass is 10.0. The molecule has 176 valence electrons. The molecule has 2 saturated heterocycles. The van der Waals surface area contributed by atoms with Gasteiger partial charge in [0.05, 0.1) is 29.7 Å². The molecule has 35 heavy (non-hydrogen) atoms. The second kappa shape index (κ2) is 7.39. The number of aromatic nitrogens is 4. The summed E-state index contributed by atoms with van der Waals surface area (Å²) >= 11 is 0. The van der Waals surface area contributed by atoms with Crippen LogP contribution >= 0.6 is 0 Å². The van der Waals surface area contributed by atoms with Crippen molar-refractivity contribution in [3.8, 4) is 33.6 Å². The number of nitrogens with zero attached hydrogens (tertiary/aromatic N) is 2. The summed E-state index contributed by atoms with van der Waals surface area (Å²) in [6.45, 7) is 2.13. The summed E-state index contributed by atoms with van der Waals surface area (Å²) in [5, 5.41) is 7.37. The van der Waals surface area contributed by atoms with Gasteiger partial charge in [-0.25, -0.2) is 9.97 Å². The molecule has 0 amide bonds. The van der Waals surface area contributed by atoms with Gasteiger partial charge in [0, 0.05) is 23.3 Å². The summed E-state index contributed by atoms with van der Waals surface area (Å²) in [4.78, 5) is 16.7. The molecule has 4 heterocycles. The number of hydrogen-bond donors (Lipinski definition) is 4. The van der Waals surface area contributed by atoms with Crippen molar-refractivity contribution in [2.45, 2.75) is 56.8 Å². The van der Waals surface area contributed by atoms with Gasteiger partial charge in [0.25, 0.3) is 0 Å². The second-order valence-electron chi connectivity index (χ2n) is 11.0. The highest BCUT2D eigenvalue weighted by molar-refractivity contribution is 5.72. The summed E-state index contributed by atoms with van der Waals surface area (Å²) in [5.74, 6) is 3.90. The number of fused-ring (bicyclic) bond motifs is 2. The SMILES string of the molecule is Cc1[nH]c([C@@H]2CC3CC3N2)nc1-c1ccc(-c2ccc(-c3cnc([C@@H]4C[C@H]5C[C@H]5N4)[nH]3)cc2)cc1. The fourth-order valence-corrected chi connectivity index (χ4v) is 6.32. The van der Waals surface area contributed by atoms with Crippen LogP contribution in [-0.2, 0) is 0 Å². The van der Waals surface area contributed by atoms with E-state index in [0.29, 0.717) is 12.1 Å². The minimum Gasteiger partial charge on any atom is -0.344 e.